The number of nitrogens with zero attached hydrogens (tertiary/aromatic N) is 1. The molecule has 2 rings (SSSR count). The topological polar surface area (TPSA) is 29.3 Å². The first-order valence-corrected chi connectivity index (χ1v) is 5.94. The van der Waals surface area contributed by atoms with Crippen molar-refractivity contribution < 1.29 is 0 Å². The highest BCUT2D eigenvalue weighted by Crippen LogP contribution is 2.27. The molecule has 0 saturated heterocycles. The summed E-state index contributed by atoms with van der Waals surface area (Å²) in [6.45, 7) is 3.16. The van der Waals surface area contributed by atoms with Crippen LogP contribution in [0.5, 0.6) is 0 Å². The van der Waals surface area contributed by atoms with Crippen molar-refractivity contribution in [2.24, 2.45) is 5.73 Å². The Morgan fingerprint density at radius 1 is 1.44 bits per heavy atom. The van der Waals surface area contributed by atoms with Gasteiger partial charge in [0.1, 0.15) is 0 Å². The predicted octanol–water partition coefficient (Wildman–Crippen LogP) is 2.43. The molecule has 86 valence electrons. The van der Waals surface area contributed by atoms with Crippen LogP contribution in [0.15, 0.2) is 24.3 Å². The predicted molar refractivity (Wildman–Crippen MR) is 70.7 cm³/mol. The molecule has 0 saturated carbocycles. The normalized spacial score (nSPS) is 17.6. The molecule has 0 bridgehead atoms. The van der Waals surface area contributed by atoms with Gasteiger partial charge in [-0.25, -0.2) is 0 Å². The van der Waals surface area contributed by atoms with Crippen LogP contribution < -0.4 is 10.6 Å². The fourth-order valence-corrected chi connectivity index (χ4v) is 2.17. The molecule has 1 aromatic carbocycles. The number of aryl methyl sites for hydroxylation is 1. The molecule has 2 nitrogen and oxygen atoms in total. The number of benzene rings is 1. The summed E-state index contributed by atoms with van der Waals surface area (Å²) in [5, 5.41) is 0. The Balaban J connectivity index is 2.25. The SMILES string of the molecule is CC(N)/C=C/c1ccc2c(c1)CCCN2C. The van der Waals surface area contributed by atoms with Crippen molar-refractivity contribution in [2.75, 3.05) is 18.5 Å². The second kappa shape index (κ2) is 4.71. The number of rotatable bonds is 2. The molecule has 2 N–H and O–H groups in total. The molecule has 0 fully saturated rings. The lowest BCUT2D eigenvalue weighted by atomic mass is 9.99. The Kier molecular flexibility index (Phi) is 3.30. The summed E-state index contributed by atoms with van der Waals surface area (Å²) >= 11 is 0. The molecule has 0 aliphatic carbocycles. The van der Waals surface area contributed by atoms with E-state index >= 15 is 0 Å². The maximum Gasteiger partial charge on any atom is 0.0396 e. The van der Waals surface area contributed by atoms with Gasteiger partial charge in [-0.15, -0.1) is 0 Å². The van der Waals surface area contributed by atoms with Crippen molar-refractivity contribution in [3.05, 3.63) is 35.4 Å². The standard InChI is InChI=1S/C14H20N2/c1-11(15)5-6-12-7-8-14-13(10-12)4-3-9-16(14)2/h5-8,10-11H,3-4,9,15H2,1-2H3/b6-5+. The Bertz CT molecular complexity index is 394. The highest BCUT2D eigenvalue weighted by atomic mass is 15.1. The minimum absolute atomic E-state index is 0.124. The van der Waals surface area contributed by atoms with Crippen molar-refractivity contribution in [1.29, 1.82) is 0 Å². The summed E-state index contributed by atoms with van der Waals surface area (Å²) < 4.78 is 0. The Labute approximate surface area is 97.8 Å². The molecule has 1 unspecified atom stereocenters. The molecule has 1 atom stereocenters. The first kappa shape index (κ1) is 11.2. The van der Waals surface area contributed by atoms with E-state index in [9.17, 15) is 0 Å². The lowest BCUT2D eigenvalue weighted by Gasteiger charge is -2.27. The number of fused-ring (bicyclic) bond motifs is 1. The smallest absolute Gasteiger partial charge is 0.0396 e. The third kappa shape index (κ3) is 2.45. The van der Waals surface area contributed by atoms with Crippen LogP contribution in [0.2, 0.25) is 0 Å². The molecule has 0 spiro atoms. The van der Waals surface area contributed by atoms with Gasteiger partial charge in [0.15, 0.2) is 0 Å². The molecule has 1 aromatic rings. The molecular formula is C14H20N2. The lowest BCUT2D eigenvalue weighted by molar-refractivity contribution is 0.744. The number of anilines is 1. The highest BCUT2D eigenvalue weighted by molar-refractivity contribution is 5.61. The molecule has 1 aliphatic heterocycles. The Hall–Kier alpha value is -1.28. The van der Waals surface area contributed by atoms with Crippen LogP contribution in [0, 0.1) is 0 Å². The van der Waals surface area contributed by atoms with Crippen LogP contribution in [0.1, 0.15) is 24.5 Å². The molecule has 0 radical (unpaired) electrons. The van der Waals surface area contributed by atoms with E-state index in [4.69, 9.17) is 5.73 Å². The van der Waals surface area contributed by atoms with Crippen LogP contribution in [-0.2, 0) is 6.42 Å². The van der Waals surface area contributed by atoms with Crippen molar-refractivity contribution in [3.63, 3.8) is 0 Å². The van der Waals surface area contributed by atoms with Gasteiger partial charge in [0, 0.05) is 25.3 Å². The molecule has 1 aliphatic rings. The zero-order valence-electron chi connectivity index (χ0n) is 10.1. The largest absolute Gasteiger partial charge is 0.374 e. The summed E-state index contributed by atoms with van der Waals surface area (Å²) in [7, 11) is 2.16. The first-order valence-electron chi connectivity index (χ1n) is 5.94. The fourth-order valence-electron chi connectivity index (χ4n) is 2.17. The van der Waals surface area contributed by atoms with E-state index in [1.807, 2.05) is 13.0 Å². The summed E-state index contributed by atoms with van der Waals surface area (Å²) in [6.07, 6.45) is 6.59. The summed E-state index contributed by atoms with van der Waals surface area (Å²) in [4.78, 5) is 2.33. The molecule has 1 heterocycles. The van der Waals surface area contributed by atoms with E-state index in [0.717, 1.165) is 0 Å². The number of nitrogens with two attached hydrogens (primary N) is 1. The monoisotopic (exact) mass is 216 g/mol. The van der Waals surface area contributed by atoms with E-state index in [1.165, 1.54) is 36.2 Å². The molecule has 0 amide bonds. The van der Waals surface area contributed by atoms with E-state index in [-0.39, 0.29) is 6.04 Å². The lowest BCUT2D eigenvalue weighted by Crippen LogP contribution is -2.24. The molecule has 2 heteroatoms. The Morgan fingerprint density at radius 3 is 3.00 bits per heavy atom. The number of hydrogen-bond donors (Lipinski definition) is 1. The van der Waals surface area contributed by atoms with Gasteiger partial charge in [-0.3, -0.25) is 0 Å². The van der Waals surface area contributed by atoms with Crippen LogP contribution in [0.25, 0.3) is 6.08 Å². The second-order valence-corrected chi connectivity index (χ2v) is 4.63. The summed E-state index contributed by atoms with van der Waals surface area (Å²) in [6, 6.07) is 6.79. The summed E-state index contributed by atoms with van der Waals surface area (Å²) in [5.74, 6) is 0. The minimum Gasteiger partial charge on any atom is -0.374 e. The van der Waals surface area contributed by atoms with Gasteiger partial charge in [0.05, 0.1) is 0 Å². The van der Waals surface area contributed by atoms with Gasteiger partial charge in [-0.2, -0.15) is 0 Å². The zero-order chi connectivity index (χ0) is 11.5. The van der Waals surface area contributed by atoms with E-state index < -0.39 is 0 Å². The van der Waals surface area contributed by atoms with Gasteiger partial charge in [-0.1, -0.05) is 18.2 Å². The highest BCUT2D eigenvalue weighted by Gasteiger charge is 2.12. The fraction of sp³-hybridized carbons (Fsp3) is 0.429. The van der Waals surface area contributed by atoms with Gasteiger partial charge in [-0.05, 0) is 43.0 Å². The third-order valence-electron chi connectivity index (χ3n) is 3.05. The van der Waals surface area contributed by atoms with Crippen molar-refractivity contribution in [3.8, 4) is 0 Å². The second-order valence-electron chi connectivity index (χ2n) is 4.63. The van der Waals surface area contributed by atoms with Gasteiger partial charge in [0.25, 0.3) is 0 Å². The maximum absolute atomic E-state index is 5.71. The van der Waals surface area contributed by atoms with E-state index in [1.54, 1.807) is 0 Å². The van der Waals surface area contributed by atoms with E-state index in [0.29, 0.717) is 0 Å². The molecular weight excluding hydrogens is 196 g/mol. The average Bonchev–Trinajstić information content (AvgIpc) is 2.26. The molecule has 16 heavy (non-hydrogen) atoms. The van der Waals surface area contributed by atoms with E-state index in [2.05, 4.69) is 36.2 Å². The van der Waals surface area contributed by atoms with Crippen molar-refractivity contribution in [2.45, 2.75) is 25.8 Å². The number of hydrogen-bond acceptors (Lipinski definition) is 2. The zero-order valence-corrected chi connectivity index (χ0v) is 10.1. The van der Waals surface area contributed by atoms with Crippen LogP contribution in [0.3, 0.4) is 0 Å². The van der Waals surface area contributed by atoms with Crippen LogP contribution >= 0.6 is 0 Å². The van der Waals surface area contributed by atoms with Gasteiger partial charge in [0.2, 0.25) is 0 Å². The average molecular weight is 216 g/mol. The quantitative estimate of drug-likeness (QED) is 0.822. The minimum atomic E-state index is 0.124. The maximum atomic E-state index is 5.71. The van der Waals surface area contributed by atoms with Gasteiger partial charge >= 0.3 is 0 Å². The Morgan fingerprint density at radius 2 is 2.25 bits per heavy atom. The van der Waals surface area contributed by atoms with Gasteiger partial charge < -0.3 is 10.6 Å². The van der Waals surface area contributed by atoms with Crippen LogP contribution in [-0.4, -0.2) is 19.6 Å². The summed E-state index contributed by atoms with van der Waals surface area (Å²) in [5.41, 5.74) is 9.80. The van der Waals surface area contributed by atoms with Crippen molar-refractivity contribution >= 4 is 11.8 Å². The third-order valence-corrected chi connectivity index (χ3v) is 3.05. The van der Waals surface area contributed by atoms with Crippen LogP contribution in [0.4, 0.5) is 5.69 Å². The van der Waals surface area contributed by atoms with Crippen molar-refractivity contribution in [1.82, 2.24) is 0 Å². The molecule has 0 aromatic heterocycles. The first-order chi connectivity index (χ1) is 7.66.